The Morgan fingerprint density at radius 3 is 2.71 bits per heavy atom. The van der Waals surface area contributed by atoms with Crippen molar-refractivity contribution in [2.75, 3.05) is 0 Å². The summed E-state index contributed by atoms with van der Waals surface area (Å²) in [6, 6.07) is 0. The zero-order valence-electron chi connectivity index (χ0n) is 4.72. The van der Waals surface area contributed by atoms with Gasteiger partial charge in [0.15, 0.2) is 0 Å². The van der Waals surface area contributed by atoms with Gasteiger partial charge in [0.25, 0.3) is 0 Å². The van der Waals surface area contributed by atoms with Gasteiger partial charge in [-0.25, -0.2) is 0 Å². The molecule has 0 aliphatic heterocycles. The average molecular weight is 100 g/mol. The molecule has 0 amide bonds. The average Bonchev–Trinajstić information content (AvgIpc) is 1.69. The maximum atomic E-state index is 8.11. The maximum absolute atomic E-state index is 8.11. The third-order valence-electron chi connectivity index (χ3n) is 0.830. The van der Waals surface area contributed by atoms with E-state index in [0.717, 1.165) is 12.7 Å². The molecule has 0 aromatic carbocycles. The molecule has 0 atom stereocenters. The second-order valence-electron chi connectivity index (χ2n) is 1.53. The summed E-state index contributed by atoms with van der Waals surface area (Å²) in [6.07, 6.45) is 6.26. The Kier molecular flexibility index (Phi) is 5.18. The Labute approximate surface area is 44.7 Å². The highest BCUT2D eigenvalue weighted by atomic mass is 16.2. The summed E-state index contributed by atoms with van der Waals surface area (Å²) >= 11 is 0. The SMILES string of the molecule is CCCCC=CO. The van der Waals surface area contributed by atoms with Crippen LogP contribution in [0, 0.1) is 0 Å². The predicted molar refractivity (Wildman–Crippen MR) is 31.3 cm³/mol. The topological polar surface area (TPSA) is 20.2 Å². The first kappa shape index (κ1) is 6.54. The van der Waals surface area contributed by atoms with Crippen LogP contribution in [0.2, 0.25) is 0 Å². The van der Waals surface area contributed by atoms with Crippen LogP contribution in [0.5, 0.6) is 0 Å². The first-order chi connectivity index (χ1) is 3.41. The molecule has 1 N–H and O–H groups in total. The van der Waals surface area contributed by atoms with Crippen LogP contribution < -0.4 is 0 Å². The van der Waals surface area contributed by atoms with Gasteiger partial charge in [-0.1, -0.05) is 19.4 Å². The third kappa shape index (κ3) is 5.54. The molecule has 1 nitrogen and oxygen atoms in total. The quantitative estimate of drug-likeness (QED) is 0.426. The van der Waals surface area contributed by atoms with Crippen molar-refractivity contribution in [3.05, 3.63) is 12.3 Å². The fraction of sp³-hybridized carbons (Fsp3) is 0.667. The molecule has 1 heteroatoms. The first-order valence-corrected chi connectivity index (χ1v) is 2.71. The van der Waals surface area contributed by atoms with E-state index in [0.29, 0.717) is 0 Å². The highest BCUT2D eigenvalue weighted by Gasteiger charge is 1.73. The maximum Gasteiger partial charge on any atom is 0.0751 e. The van der Waals surface area contributed by atoms with Crippen molar-refractivity contribution in [1.82, 2.24) is 0 Å². The molecule has 7 heavy (non-hydrogen) atoms. The number of hydrogen-bond acceptors (Lipinski definition) is 1. The second-order valence-corrected chi connectivity index (χ2v) is 1.53. The fourth-order valence-corrected chi connectivity index (χ4v) is 0.397. The lowest BCUT2D eigenvalue weighted by molar-refractivity contribution is 0.470. The van der Waals surface area contributed by atoms with E-state index in [-0.39, 0.29) is 0 Å². The molecule has 0 heterocycles. The first-order valence-electron chi connectivity index (χ1n) is 2.71. The summed E-state index contributed by atoms with van der Waals surface area (Å²) < 4.78 is 0. The Hall–Kier alpha value is -0.460. The molecule has 0 aliphatic carbocycles. The normalized spacial score (nSPS) is 10.4. The van der Waals surface area contributed by atoms with Crippen molar-refractivity contribution >= 4 is 0 Å². The molecule has 0 saturated carbocycles. The predicted octanol–water partition coefficient (Wildman–Crippen LogP) is 2.25. The van der Waals surface area contributed by atoms with Crippen LogP contribution in [0.4, 0.5) is 0 Å². The number of unbranched alkanes of at least 4 members (excludes halogenated alkanes) is 2. The molecular weight excluding hydrogens is 88.1 g/mol. The number of rotatable bonds is 3. The van der Waals surface area contributed by atoms with Crippen molar-refractivity contribution in [2.45, 2.75) is 26.2 Å². The summed E-state index contributed by atoms with van der Waals surface area (Å²) in [4.78, 5) is 0. The Balaban J connectivity index is 2.69. The van der Waals surface area contributed by atoms with Crippen molar-refractivity contribution in [3.8, 4) is 0 Å². The van der Waals surface area contributed by atoms with Crippen molar-refractivity contribution in [2.24, 2.45) is 0 Å². The van der Waals surface area contributed by atoms with E-state index in [1.165, 1.54) is 12.8 Å². The van der Waals surface area contributed by atoms with Crippen molar-refractivity contribution in [1.29, 1.82) is 0 Å². The van der Waals surface area contributed by atoms with E-state index in [9.17, 15) is 0 Å². The molecule has 0 aromatic rings. The highest BCUT2D eigenvalue weighted by molar-refractivity contribution is 4.69. The smallest absolute Gasteiger partial charge is 0.0751 e. The van der Waals surface area contributed by atoms with E-state index >= 15 is 0 Å². The van der Waals surface area contributed by atoms with Crippen LogP contribution >= 0.6 is 0 Å². The second kappa shape index (κ2) is 5.54. The minimum absolute atomic E-state index is 1.01. The van der Waals surface area contributed by atoms with Gasteiger partial charge in [0, 0.05) is 0 Å². The molecule has 42 valence electrons. The van der Waals surface area contributed by atoms with Crippen LogP contribution in [0.1, 0.15) is 26.2 Å². The van der Waals surface area contributed by atoms with Gasteiger partial charge < -0.3 is 5.11 Å². The van der Waals surface area contributed by atoms with E-state index in [1.807, 2.05) is 0 Å². The number of aliphatic hydroxyl groups is 1. The Bertz CT molecular complexity index is 48.1. The Morgan fingerprint density at radius 1 is 1.57 bits per heavy atom. The van der Waals surface area contributed by atoms with E-state index in [4.69, 9.17) is 5.11 Å². The molecule has 0 spiro atoms. The van der Waals surface area contributed by atoms with E-state index in [2.05, 4.69) is 6.92 Å². The molecule has 0 radical (unpaired) electrons. The van der Waals surface area contributed by atoms with Gasteiger partial charge >= 0.3 is 0 Å². The van der Waals surface area contributed by atoms with Crippen molar-refractivity contribution < 1.29 is 5.11 Å². The number of aliphatic hydroxyl groups excluding tert-OH is 1. The van der Waals surface area contributed by atoms with Gasteiger partial charge in [0.05, 0.1) is 6.26 Å². The third-order valence-corrected chi connectivity index (χ3v) is 0.830. The summed E-state index contributed by atoms with van der Waals surface area (Å²) in [5, 5.41) is 8.11. The van der Waals surface area contributed by atoms with Crippen LogP contribution in [0.3, 0.4) is 0 Å². The molecule has 0 saturated heterocycles. The standard InChI is InChI=1S/C6H12O/c1-2-3-4-5-6-7/h5-7H,2-4H2,1H3. The van der Waals surface area contributed by atoms with E-state index in [1.54, 1.807) is 6.08 Å². The molecule has 0 rings (SSSR count). The fourth-order valence-electron chi connectivity index (χ4n) is 0.397. The zero-order valence-corrected chi connectivity index (χ0v) is 4.72. The lowest BCUT2D eigenvalue weighted by Gasteiger charge is -1.83. The van der Waals surface area contributed by atoms with Gasteiger partial charge in [0.2, 0.25) is 0 Å². The summed E-state index contributed by atoms with van der Waals surface area (Å²) in [5.41, 5.74) is 0. The van der Waals surface area contributed by atoms with Crippen LogP contribution in [0.25, 0.3) is 0 Å². The Morgan fingerprint density at radius 2 is 2.29 bits per heavy atom. The van der Waals surface area contributed by atoms with Gasteiger partial charge in [-0.2, -0.15) is 0 Å². The lowest BCUT2D eigenvalue weighted by Crippen LogP contribution is -1.64. The van der Waals surface area contributed by atoms with Gasteiger partial charge in [-0.05, 0) is 12.8 Å². The highest BCUT2D eigenvalue weighted by Crippen LogP contribution is 1.92. The van der Waals surface area contributed by atoms with Gasteiger partial charge in [0.1, 0.15) is 0 Å². The number of allylic oxidation sites excluding steroid dienone is 1. The monoisotopic (exact) mass is 100 g/mol. The van der Waals surface area contributed by atoms with Gasteiger partial charge in [-0.15, -0.1) is 0 Å². The molecular formula is C6H12O. The molecule has 0 unspecified atom stereocenters. The molecule has 0 aliphatic rings. The van der Waals surface area contributed by atoms with Crippen molar-refractivity contribution in [3.63, 3.8) is 0 Å². The lowest BCUT2D eigenvalue weighted by atomic mass is 10.2. The molecule has 0 fully saturated rings. The van der Waals surface area contributed by atoms with Crippen LogP contribution in [0.15, 0.2) is 12.3 Å². The number of hydrogen-bond donors (Lipinski definition) is 1. The minimum atomic E-state index is 1.01. The minimum Gasteiger partial charge on any atom is -0.516 e. The van der Waals surface area contributed by atoms with Gasteiger partial charge in [-0.3, -0.25) is 0 Å². The summed E-state index contributed by atoms with van der Waals surface area (Å²) in [6.45, 7) is 2.13. The largest absolute Gasteiger partial charge is 0.516 e. The molecule has 0 bridgehead atoms. The zero-order chi connectivity index (χ0) is 5.54. The van der Waals surface area contributed by atoms with Crippen LogP contribution in [-0.4, -0.2) is 5.11 Å². The van der Waals surface area contributed by atoms with Crippen LogP contribution in [-0.2, 0) is 0 Å². The summed E-state index contributed by atoms with van der Waals surface area (Å²) in [7, 11) is 0. The molecule has 0 aromatic heterocycles. The van der Waals surface area contributed by atoms with E-state index < -0.39 is 0 Å². The summed E-state index contributed by atoms with van der Waals surface area (Å²) in [5.74, 6) is 0.